The van der Waals surface area contributed by atoms with Crippen molar-refractivity contribution >= 4 is 11.0 Å². The molecule has 41 heavy (non-hydrogen) atoms. The van der Waals surface area contributed by atoms with Crippen molar-refractivity contribution in [3.05, 3.63) is 113 Å². The zero-order chi connectivity index (χ0) is 27.6. The molecule has 0 saturated carbocycles. The third-order valence-corrected chi connectivity index (χ3v) is 7.94. The Kier molecular flexibility index (Phi) is 6.93. The SMILES string of the molecule is N#Cc1ccc2cc1CCOCc1cc(ccc1Cc1nc3ccccc3n1CC1CCO1)-c1cccc(n1)OC2. The minimum Gasteiger partial charge on any atom is -0.473 e. The molecule has 1 unspecified atom stereocenters. The maximum absolute atomic E-state index is 9.63. The molecule has 2 aliphatic heterocycles. The number of rotatable bonds is 4. The molecular weight excluding hydrogens is 512 g/mol. The number of aromatic nitrogens is 3. The number of benzene rings is 3. The second-order valence-electron chi connectivity index (χ2n) is 10.6. The van der Waals surface area contributed by atoms with Gasteiger partial charge in [0, 0.05) is 24.7 Å². The average Bonchev–Trinajstić information content (AvgIpc) is 3.33. The van der Waals surface area contributed by atoms with Crippen molar-refractivity contribution < 1.29 is 14.2 Å². The number of imidazole rings is 1. The summed E-state index contributed by atoms with van der Waals surface area (Å²) in [7, 11) is 0. The van der Waals surface area contributed by atoms with Gasteiger partial charge in [-0.05, 0) is 65.4 Å². The van der Waals surface area contributed by atoms with Gasteiger partial charge in [0.15, 0.2) is 0 Å². The van der Waals surface area contributed by atoms with Gasteiger partial charge in [0.1, 0.15) is 12.4 Å². The van der Waals surface area contributed by atoms with Crippen LogP contribution in [0.15, 0.2) is 78.9 Å². The van der Waals surface area contributed by atoms with E-state index in [1.54, 1.807) is 0 Å². The van der Waals surface area contributed by atoms with E-state index in [0.717, 1.165) is 69.9 Å². The highest BCUT2D eigenvalue weighted by atomic mass is 16.5. The zero-order valence-corrected chi connectivity index (χ0v) is 22.8. The van der Waals surface area contributed by atoms with Crippen LogP contribution >= 0.6 is 0 Å². The van der Waals surface area contributed by atoms with Gasteiger partial charge in [-0.2, -0.15) is 5.26 Å². The first kappa shape index (κ1) is 25.5. The molecule has 0 aliphatic carbocycles. The molecule has 2 aromatic heterocycles. The highest BCUT2D eigenvalue weighted by Gasteiger charge is 2.22. The number of pyridine rings is 1. The fourth-order valence-electron chi connectivity index (χ4n) is 5.59. The Morgan fingerprint density at radius 2 is 1.83 bits per heavy atom. The zero-order valence-electron chi connectivity index (χ0n) is 22.8. The van der Waals surface area contributed by atoms with Crippen molar-refractivity contribution in [2.45, 2.75) is 45.1 Å². The second-order valence-corrected chi connectivity index (χ2v) is 10.6. The number of fused-ring (bicyclic) bond motifs is 8. The summed E-state index contributed by atoms with van der Waals surface area (Å²) in [6.45, 7) is 2.97. The molecule has 4 heterocycles. The van der Waals surface area contributed by atoms with Crippen molar-refractivity contribution in [2.24, 2.45) is 0 Å². The third-order valence-electron chi connectivity index (χ3n) is 7.94. The number of hydrogen-bond acceptors (Lipinski definition) is 6. The summed E-state index contributed by atoms with van der Waals surface area (Å²) in [5.74, 6) is 1.59. The van der Waals surface area contributed by atoms with Gasteiger partial charge in [0.25, 0.3) is 0 Å². The summed E-state index contributed by atoms with van der Waals surface area (Å²) in [6, 6.07) is 28.7. The summed E-state index contributed by atoms with van der Waals surface area (Å²) in [6.07, 6.45) is 2.63. The maximum Gasteiger partial charge on any atom is 0.214 e. The average molecular weight is 543 g/mol. The Hall–Kier alpha value is -4.51. The van der Waals surface area contributed by atoms with E-state index in [2.05, 4.69) is 47.0 Å². The number of hydrogen-bond donors (Lipinski definition) is 0. The number of para-hydroxylation sites is 2. The van der Waals surface area contributed by atoms with Crippen LogP contribution in [0.3, 0.4) is 0 Å². The Morgan fingerprint density at radius 1 is 0.902 bits per heavy atom. The Balaban J connectivity index is 1.24. The highest BCUT2D eigenvalue weighted by molar-refractivity contribution is 5.76. The molecular formula is C34H30N4O3. The van der Waals surface area contributed by atoms with Crippen LogP contribution in [0.5, 0.6) is 5.88 Å². The van der Waals surface area contributed by atoms with Crippen molar-refractivity contribution in [3.63, 3.8) is 0 Å². The van der Waals surface area contributed by atoms with Gasteiger partial charge in [-0.3, -0.25) is 0 Å². The summed E-state index contributed by atoms with van der Waals surface area (Å²) in [5.41, 5.74) is 8.88. The smallest absolute Gasteiger partial charge is 0.214 e. The van der Waals surface area contributed by atoms with Gasteiger partial charge >= 0.3 is 0 Å². The molecule has 5 aromatic rings. The molecule has 1 atom stereocenters. The lowest BCUT2D eigenvalue weighted by atomic mass is 9.99. The molecule has 7 nitrogen and oxygen atoms in total. The number of ether oxygens (including phenoxy) is 3. The molecule has 7 rings (SSSR count). The minimum atomic E-state index is 0.233. The maximum atomic E-state index is 9.63. The molecule has 6 bridgehead atoms. The van der Waals surface area contributed by atoms with Gasteiger partial charge in [-0.15, -0.1) is 0 Å². The monoisotopic (exact) mass is 542 g/mol. The molecule has 204 valence electrons. The standard InChI is InChI=1S/C34H30N4O3/c35-19-27-9-8-23-16-25(27)12-14-39-22-28-17-26(30-5-3-7-34(37-30)41-21-23)11-10-24(28)18-33-36-31-4-1-2-6-32(31)38(33)20-29-13-15-40-29/h1-11,16-17,29H,12-15,18,20-22H2. The molecule has 3 aromatic carbocycles. The fourth-order valence-corrected chi connectivity index (χ4v) is 5.59. The van der Waals surface area contributed by atoms with E-state index in [9.17, 15) is 5.26 Å². The normalized spacial score (nSPS) is 16.6. The highest BCUT2D eigenvalue weighted by Crippen LogP contribution is 2.28. The second kappa shape index (κ2) is 11.2. The quantitative estimate of drug-likeness (QED) is 0.277. The summed E-state index contributed by atoms with van der Waals surface area (Å²) in [5, 5.41) is 9.63. The van der Waals surface area contributed by atoms with Crippen LogP contribution in [0.1, 0.15) is 40.1 Å². The van der Waals surface area contributed by atoms with Crippen LogP contribution in [0.4, 0.5) is 0 Å². The fraction of sp³-hybridized carbons (Fsp3) is 0.265. The van der Waals surface area contributed by atoms with Gasteiger partial charge in [0.05, 0.1) is 54.2 Å². The van der Waals surface area contributed by atoms with E-state index >= 15 is 0 Å². The van der Waals surface area contributed by atoms with Crippen molar-refractivity contribution in [2.75, 3.05) is 13.2 Å². The van der Waals surface area contributed by atoms with Gasteiger partial charge in [-0.1, -0.05) is 42.5 Å². The van der Waals surface area contributed by atoms with Crippen LogP contribution in [0.25, 0.3) is 22.3 Å². The van der Waals surface area contributed by atoms with Crippen LogP contribution in [-0.4, -0.2) is 33.9 Å². The predicted molar refractivity (Wildman–Crippen MR) is 155 cm³/mol. The summed E-state index contributed by atoms with van der Waals surface area (Å²) < 4.78 is 20.4. The summed E-state index contributed by atoms with van der Waals surface area (Å²) in [4.78, 5) is 9.82. The molecule has 0 N–H and O–H groups in total. The largest absolute Gasteiger partial charge is 0.473 e. The minimum absolute atomic E-state index is 0.233. The van der Waals surface area contributed by atoms with Gasteiger partial charge in [0.2, 0.25) is 5.88 Å². The van der Waals surface area contributed by atoms with Crippen LogP contribution in [0, 0.1) is 11.3 Å². The summed E-state index contributed by atoms with van der Waals surface area (Å²) >= 11 is 0. The first-order chi connectivity index (χ1) is 20.2. The van der Waals surface area contributed by atoms with Gasteiger partial charge < -0.3 is 18.8 Å². The molecule has 1 fully saturated rings. The molecule has 7 heteroatoms. The van der Waals surface area contributed by atoms with Crippen LogP contribution in [-0.2, 0) is 42.1 Å². The number of nitriles is 1. The van der Waals surface area contributed by atoms with E-state index < -0.39 is 0 Å². The van der Waals surface area contributed by atoms with Crippen LogP contribution < -0.4 is 4.74 Å². The number of nitrogens with zero attached hydrogens (tertiary/aromatic N) is 4. The van der Waals surface area contributed by atoms with Crippen molar-refractivity contribution in [3.8, 4) is 23.2 Å². The molecule has 0 spiro atoms. The van der Waals surface area contributed by atoms with E-state index in [1.165, 1.54) is 0 Å². The van der Waals surface area contributed by atoms with Crippen molar-refractivity contribution in [1.29, 1.82) is 5.26 Å². The molecule has 0 radical (unpaired) electrons. The Labute approximate surface area is 239 Å². The lowest BCUT2D eigenvalue weighted by Crippen LogP contribution is -2.31. The lowest BCUT2D eigenvalue weighted by molar-refractivity contribution is -0.0589. The van der Waals surface area contributed by atoms with E-state index in [1.807, 2.05) is 42.5 Å². The van der Waals surface area contributed by atoms with E-state index in [4.69, 9.17) is 24.2 Å². The molecule has 1 saturated heterocycles. The topological polar surface area (TPSA) is 82.2 Å². The van der Waals surface area contributed by atoms with E-state index in [-0.39, 0.29) is 6.10 Å². The van der Waals surface area contributed by atoms with Crippen molar-refractivity contribution in [1.82, 2.24) is 14.5 Å². The molecule has 0 amide bonds. The van der Waals surface area contributed by atoms with Crippen LogP contribution in [0.2, 0.25) is 0 Å². The first-order valence-electron chi connectivity index (χ1n) is 14.1. The Bertz CT molecular complexity index is 1770. The van der Waals surface area contributed by atoms with Gasteiger partial charge in [-0.25, -0.2) is 9.97 Å². The predicted octanol–water partition coefficient (Wildman–Crippen LogP) is 6.00. The Morgan fingerprint density at radius 3 is 2.71 bits per heavy atom. The first-order valence-corrected chi connectivity index (χ1v) is 14.1. The van der Waals surface area contributed by atoms with E-state index in [0.29, 0.717) is 44.1 Å². The molecule has 2 aliphatic rings. The third kappa shape index (κ3) is 5.32. The lowest BCUT2D eigenvalue weighted by Gasteiger charge is -2.27.